The van der Waals surface area contributed by atoms with Crippen LogP contribution in [0.4, 0.5) is 5.88 Å². The molecule has 0 saturated carbocycles. The Morgan fingerprint density at radius 1 is 1.17 bits per heavy atom. The van der Waals surface area contributed by atoms with Crippen LogP contribution in [0, 0.1) is 11.3 Å². The van der Waals surface area contributed by atoms with E-state index in [1.807, 2.05) is 30.3 Å². The van der Waals surface area contributed by atoms with Gasteiger partial charge in [-0.1, -0.05) is 30.3 Å². The van der Waals surface area contributed by atoms with Crippen molar-refractivity contribution in [3.8, 4) is 6.07 Å². The van der Waals surface area contributed by atoms with Crippen LogP contribution in [0.1, 0.15) is 5.56 Å². The van der Waals surface area contributed by atoms with E-state index < -0.39 is 0 Å². The Morgan fingerprint density at radius 2 is 1.94 bits per heavy atom. The molecular weight excluding hydrogens is 228 g/mol. The molecule has 2 aromatic carbocycles. The van der Waals surface area contributed by atoms with Crippen molar-refractivity contribution in [1.29, 1.82) is 5.26 Å². The molecule has 0 saturated heterocycles. The van der Waals surface area contributed by atoms with Gasteiger partial charge in [0.15, 0.2) is 5.56 Å². The minimum Gasteiger partial charge on any atom is -0.439 e. The largest absolute Gasteiger partial charge is 0.439 e. The number of nitriles is 1. The van der Waals surface area contributed by atoms with Gasteiger partial charge in [0.05, 0.1) is 5.39 Å². The zero-order valence-corrected chi connectivity index (χ0v) is 9.31. The van der Waals surface area contributed by atoms with E-state index in [0.29, 0.717) is 11.0 Å². The lowest BCUT2D eigenvalue weighted by Gasteiger charge is -2.04. The normalized spacial score (nSPS) is 10.6. The molecule has 4 heteroatoms. The Labute approximate surface area is 102 Å². The van der Waals surface area contributed by atoms with Gasteiger partial charge in [-0.3, -0.25) is 4.79 Å². The Balaban J connectivity index is 2.67. The van der Waals surface area contributed by atoms with E-state index in [0.717, 1.165) is 10.8 Å². The molecule has 0 radical (unpaired) electrons. The average molecular weight is 236 g/mol. The zero-order valence-electron chi connectivity index (χ0n) is 9.31. The van der Waals surface area contributed by atoms with Crippen LogP contribution in [0.5, 0.6) is 0 Å². The van der Waals surface area contributed by atoms with Crippen LogP contribution in [0.3, 0.4) is 0 Å². The van der Waals surface area contributed by atoms with Gasteiger partial charge in [-0.15, -0.1) is 0 Å². The molecule has 86 valence electrons. The van der Waals surface area contributed by atoms with Crippen LogP contribution in [0.2, 0.25) is 0 Å². The van der Waals surface area contributed by atoms with Crippen LogP contribution in [-0.2, 0) is 0 Å². The first-order valence-corrected chi connectivity index (χ1v) is 5.36. The van der Waals surface area contributed by atoms with Crippen molar-refractivity contribution in [2.24, 2.45) is 0 Å². The van der Waals surface area contributed by atoms with Gasteiger partial charge in [0.2, 0.25) is 11.3 Å². The summed E-state index contributed by atoms with van der Waals surface area (Å²) in [6.45, 7) is 0. The number of nitrogen functional groups attached to an aromatic ring is 1. The third-order valence-corrected chi connectivity index (χ3v) is 2.92. The summed E-state index contributed by atoms with van der Waals surface area (Å²) in [5, 5.41) is 11.0. The molecule has 0 aliphatic heterocycles. The molecule has 0 unspecified atom stereocenters. The quantitative estimate of drug-likeness (QED) is 0.608. The van der Waals surface area contributed by atoms with Crippen molar-refractivity contribution in [2.45, 2.75) is 0 Å². The van der Waals surface area contributed by atoms with E-state index in [1.165, 1.54) is 0 Å². The fourth-order valence-corrected chi connectivity index (χ4v) is 2.08. The van der Waals surface area contributed by atoms with Crippen LogP contribution < -0.4 is 11.2 Å². The van der Waals surface area contributed by atoms with Gasteiger partial charge in [0, 0.05) is 0 Å². The molecule has 0 atom stereocenters. The molecule has 0 aliphatic carbocycles. The fourth-order valence-electron chi connectivity index (χ4n) is 2.08. The second kappa shape index (κ2) is 3.60. The summed E-state index contributed by atoms with van der Waals surface area (Å²) in [7, 11) is 0. The molecule has 2 N–H and O–H groups in total. The number of rotatable bonds is 0. The predicted molar refractivity (Wildman–Crippen MR) is 69.1 cm³/mol. The minimum absolute atomic E-state index is 0.134. The Hall–Kier alpha value is -2.80. The molecule has 0 bridgehead atoms. The smallest absolute Gasteiger partial charge is 0.213 e. The molecule has 0 spiro atoms. The van der Waals surface area contributed by atoms with Gasteiger partial charge in [-0.25, -0.2) is 0 Å². The molecule has 1 aromatic heterocycles. The van der Waals surface area contributed by atoms with Crippen molar-refractivity contribution in [3.05, 3.63) is 52.2 Å². The second-order valence-corrected chi connectivity index (χ2v) is 3.94. The fraction of sp³-hybridized carbons (Fsp3) is 0. The summed E-state index contributed by atoms with van der Waals surface area (Å²) in [5.41, 5.74) is 5.43. The summed E-state index contributed by atoms with van der Waals surface area (Å²) in [6.07, 6.45) is 0. The van der Waals surface area contributed by atoms with Gasteiger partial charge >= 0.3 is 0 Å². The minimum atomic E-state index is -0.381. The number of fused-ring (bicyclic) bond motifs is 3. The van der Waals surface area contributed by atoms with Crippen LogP contribution >= 0.6 is 0 Å². The van der Waals surface area contributed by atoms with E-state index in [9.17, 15) is 4.79 Å². The molecule has 3 rings (SSSR count). The van der Waals surface area contributed by atoms with E-state index in [4.69, 9.17) is 15.4 Å². The number of nitrogens with two attached hydrogens (primary N) is 1. The number of benzene rings is 2. The van der Waals surface area contributed by atoms with E-state index >= 15 is 0 Å². The van der Waals surface area contributed by atoms with Gasteiger partial charge in [0.1, 0.15) is 11.7 Å². The van der Waals surface area contributed by atoms with Gasteiger partial charge < -0.3 is 10.2 Å². The third-order valence-electron chi connectivity index (χ3n) is 2.92. The maximum Gasteiger partial charge on any atom is 0.213 e. The Kier molecular flexibility index (Phi) is 2.07. The summed E-state index contributed by atoms with van der Waals surface area (Å²) in [4.78, 5) is 12.2. The molecule has 0 aliphatic rings. The summed E-state index contributed by atoms with van der Waals surface area (Å²) in [5.74, 6) is -0.134. The first kappa shape index (κ1) is 10.4. The number of hydrogen-bond acceptors (Lipinski definition) is 4. The molecule has 18 heavy (non-hydrogen) atoms. The number of anilines is 1. The topological polar surface area (TPSA) is 80.0 Å². The first-order valence-electron chi connectivity index (χ1n) is 5.36. The molecule has 0 fully saturated rings. The summed E-state index contributed by atoms with van der Waals surface area (Å²) < 4.78 is 5.33. The van der Waals surface area contributed by atoms with E-state index in [1.54, 1.807) is 12.1 Å². The average Bonchev–Trinajstić information content (AvgIpc) is 2.38. The van der Waals surface area contributed by atoms with Crippen molar-refractivity contribution in [3.63, 3.8) is 0 Å². The van der Waals surface area contributed by atoms with E-state index in [2.05, 4.69) is 0 Å². The highest BCUT2D eigenvalue weighted by molar-refractivity contribution is 6.05. The van der Waals surface area contributed by atoms with Crippen LogP contribution in [0.25, 0.3) is 21.7 Å². The maximum atomic E-state index is 12.2. The molecule has 1 heterocycles. The first-order chi connectivity index (χ1) is 8.72. The lowest BCUT2D eigenvalue weighted by atomic mass is 10.0. The monoisotopic (exact) mass is 236 g/mol. The number of nitrogens with zero attached hydrogens (tertiary/aromatic N) is 1. The highest BCUT2D eigenvalue weighted by atomic mass is 16.3. The van der Waals surface area contributed by atoms with Gasteiger partial charge in [0.25, 0.3) is 0 Å². The molecule has 4 nitrogen and oxygen atoms in total. The second-order valence-electron chi connectivity index (χ2n) is 3.94. The highest BCUT2D eigenvalue weighted by Gasteiger charge is 2.13. The summed E-state index contributed by atoms with van der Waals surface area (Å²) in [6, 6.07) is 12.8. The Morgan fingerprint density at radius 3 is 2.72 bits per heavy atom. The van der Waals surface area contributed by atoms with Crippen molar-refractivity contribution in [2.75, 3.05) is 5.73 Å². The maximum absolute atomic E-state index is 12.2. The molecule has 0 amide bonds. The van der Waals surface area contributed by atoms with Crippen molar-refractivity contribution in [1.82, 2.24) is 0 Å². The Bertz CT molecular complexity index is 872. The number of hydrogen-bond donors (Lipinski definition) is 1. The van der Waals surface area contributed by atoms with Crippen LogP contribution in [-0.4, -0.2) is 0 Å². The van der Waals surface area contributed by atoms with Gasteiger partial charge in [-0.2, -0.15) is 5.26 Å². The molecular formula is C14H8N2O2. The third kappa shape index (κ3) is 1.28. The standard InChI is InChI=1S/C14H8N2O2/c15-7-10-13(17)12-9-4-2-1-3-8(9)5-6-11(12)18-14(10)16/h1-6H,16H2. The van der Waals surface area contributed by atoms with Crippen LogP contribution in [0.15, 0.2) is 45.6 Å². The summed E-state index contributed by atoms with van der Waals surface area (Å²) >= 11 is 0. The van der Waals surface area contributed by atoms with Crippen molar-refractivity contribution >= 4 is 27.6 Å². The highest BCUT2D eigenvalue weighted by Crippen LogP contribution is 2.25. The molecule has 3 aromatic rings. The predicted octanol–water partition coefficient (Wildman–Crippen LogP) is 2.40. The lowest BCUT2D eigenvalue weighted by Crippen LogP contribution is -2.09. The van der Waals surface area contributed by atoms with Crippen molar-refractivity contribution < 1.29 is 4.42 Å². The van der Waals surface area contributed by atoms with E-state index in [-0.39, 0.29) is 16.9 Å². The zero-order chi connectivity index (χ0) is 12.7. The van der Waals surface area contributed by atoms with Gasteiger partial charge in [-0.05, 0) is 16.8 Å². The lowest BCUT2D eigenvalue weighted by molar-refractivity contribution is 0.623. The SMILES string of the molecule is N#Cc1c(N)oc2ccc3ccccc3c2c1=O.